The minimum Gasteiger partial charge on any atom is -0.355 e. The van der Waals surface area contributed by atoms with Crippen molar-refractivity contribution in [1.29, 1.82) is 0 Å². The molecule has 1 aromatic rings. The van der Waals surface area contributed by atoms with Crippen LogP contribution in [0.2, 0.25) is 0 Å². The van der Waals surface area contributed by atoms with Crippen molar-refractivity contribution in [3.8, 4) is 0 Å². The van der Waals surface area contributed by atoms with Gasteiger partial charge in [-0.25, -0.2) is 4.39 Å². The Labute approximate surface area is 120 Å². The molecule has 0 heterocycles. The molecule has 1 aliphatic carbocycles. The van der Waals surface area contributed by atoms with Crippen molar-refractivity contribution in [2.45, 2.75) is 57.3 Å². The minimum atomic E-state index is -0.615. The Kier molecular flexibility index (Phi) is 5.16. The van der Waals surface area contributed by atoms with Gasteiger partial charge in [-0.05, 0) is 25.3 Å². The molecule has 2 rings (SSSR count). The van der Waals surface area contributed by atoms with E-state index in [4.69, 9.17) is 0 Å². The maximum Gasteiger partial charge on any atom is 0.230 e. The van der Waals surface area contributed by atoms with Gasteiger partial charge in [0, 0.05) is 12.1 Å². The zero-order valence-corrected chi connectivity index (χ0v) is 12.3. The van der Waals surface area contributed by atoms with Gasteiger partial charge in [-0.15, -0.1) is 0 Å². The molecule has 0 spiro atoms. The highest BCUT2D eigenvalue weighted by Crippen LogP contribution is 2.44. The normalized spacial score (nSPS) is 16.5. The Morgan fingerprint density at radius 2 is 2.00 bits per heavy atom. The molecule has 0 saturated heterocycles. The number of rotatable bonds is 7. The summed E-state index contributed by atoms with van der Waals surface area (Å²) >= 11 is 0. The summed E-state index contributed by atoms with van der Waals surface area (Å²) in [6.45, 7) is 2.87. The second-order valence-corrected chi connectivity index (χ2v) is 5.73. The molecule has 3 heteroatoms. The van der Waals surface area contributed by atoms with Crippen molar-refractivity contribution in [2.24, 2.45) is 0 Å². The molecule has 1 fully saturated rings. The van der Waals surface area contributed by atoms with Gasteiger partial charge in [0.15, 0.2) is 0 Å². The Morgan fingerprint density at radius 1 is 1.25 bits per heavy atom. The van der Waals surface area contributed by atoms with Crippen LogP contribution in [-0.2, 0) is 10.2 Å². The van der Waals surface area contributed by atoms with Gasteiger partial charge < -0.3 is 5.32 Å². The van der Waals surface area contributed by atoms with E-state index in [9.17, 15) is 9.18 Å². The summed E-state index contributed by atoms with van der Waals surface area (Å²) < 4.78 is 14.0. The average Bonchev–Trinajstić information content (AvgIpc) is 2.39. The largest absolute Gasteiger partial charge is 0.355 e. The Bertz CT molecular complexity index is 454. The topological polar surface area (TPSA) is 29.1 Å². The van der Waals surface area contributed by atoms with Crippen molar-refractivity contribution >= 4 is 5.91 Å². The van der Waals surface area contributed by atoms with Crippen LogP contribution >= 0.6 is 0 Å². The third-order valence-electron chi connectivity index (χ3n) is 4.35. The number of hydrogen-bond donors (Lipinski definition) is 1. The third-order valence-corrected chi connectivity index (χ3v) is 4.35. The van der Waals surface area contributed by atoms with Crippen molar-refractivity contribution in [2.75, 3.05) is 6.54 Å². The highest BCUT2D eigenvalue weighted by atomic mass is 19.1. The molecule has 2 nitrogen and oxygen atoms in total. The monoisotopic (exact) mass is 277 g/mol. The van der Waals surface area contributed by atoms with Gasteiger partial charge in [0.25, 0.3) is 0 Å². The fourth-order valence-corrected chi connectivity index (χ4v) is 2.92. The Hall–Kier alpha value is -1.38. The zero-order valence-electron chi connectivity index (χ0n) is 12.3. The van der Waals surface area contributed by atoms with E-state index >= 15 is 0 Å². The van der Waals surface area contributed by atoms with Gasteiger partial charge in [0.1, 0.15) is 5.82 Å². The number of hydrogen-bond acceptors (Lipinski definition) is 1. The van der Waals surface area contributed by atoms with Crippen LogP contribution in [0.1, 0.15) is 57.4 Å². The van der Waals surface area contributed by atoms with Crippen LogP contribution in [0.15, 0.2) is 24.3 Å². The molecule has 1 saturated carbocycles. The van der Waals surface area contributed by atoms with Gasteiger partial charge in [-0.2, -0.15) is 0 Å². The first-order valence-electron chi connectivity index (χ1n) is 7.74. The summed E-state index contributed by atoms with van der Waals surface area (Å²) in [6.07, 6.45) is 7.05. The molecular weight excluding hydrogens is 253 g/mol. The predicted octanol–water partition coefficient (Wildman–Crippen LogP) is 3.94. The maximum absolute atomic E-state index is 14.0. The van der Waals surface area contributed by atoms with Gasteiger partial charge >= 0.3 is 0 Å². The molecule has 1 aliphatic rings. The lowest BCUT2D eigenvalue weighted by Crippen LogP contribution is -2.49. The van der Waals surface area contributed by atoms with Crippen molar-refractivity contribution in [3.05, 3.63) is 35.6 Å². The van der Waals surface area contributed by atoms with Gasteiger partial charge in [-0.3, -0.25) is 4.79 Å². The maximum atomic E-state index is 14.0. The molecule has 1 N–H and O–H groups in total. The van der Waals surface area contributed by atoms with E-state index in [1.54, 1.807) is 12.1 Å². The van der Waals surface area contributed by atoms with Crippen molar-refractivity contribution in [3.63, 3.8) is 0 Å². The lowest BCUT2D eigenvalue weighted by Gasteiger charge is -2.40. The first-order chi connectivity index (χ1) is 9.70. The van der Waals surface area contributed by atoms with Crippen molar-refractivity contribution in [1.82, 2.24) is 5.32 Å². The summed E-state index contributed by atoms with van der Waals surface area (Å²) in [4.78, 5) is 12.5. The Morgan fingerprint density at radius 3 is 2.60 bits per heavy atom. The van der Waals surface area contributed by atoms with Gasteiger partial charge in [0.2, 0.25) is 5.91 Å². The fourth-order valence-electron chi connectivity index (χ4n) is 2.92. The van der Waals surface area contributed by atoms with E-state index in [1.165, 1.54) is 18.9 Å². The fraction of sp³-hybridized carbons (Fsp3) is 0.588. The summed E-state index contributed by atoms with van der Waals surface area (Å²) in [5.41, 5.74) is -0.0480. The quantitative estimate of drug-likeness (QED) is 0.751. The number of nitrogens with one attached hydrogen (secondary N) is 1. The SMILES string of the molecule is CCCCCCNC(=O)C1(c2ccccc2F)CCC1. The van der Waals surface area contributed by atoms with Crippen molar-refractivity contribution < 1.29 is 9.18 Å². The molecule has 110 valence electrons. The smallest absolute Gasteiger partial charge is 0.230 e. The molecule has 0 aliphatic heterocycles. The van der Waals surface area contributed by atoms with Crippen LogP contribution in [-0.4, -0.2) is 12.5 Å². The summed E-state index contributed by atoms with van der Waals surface area (Å²) in [6, 6.07) is 6.69. The third kappa shape index (κ3) is 3.02. The lowest BCUT2D eigenvalue weighted by atomic mass is 9.63. The number of halogens is 1. The molecule has 1 aromatic carbocycles. The summed E-state index contributed by atoms with van der Waals surface area (Å²) in [5, 5.41) is 3.00. The van der Waals surface area contributed by atoms with Crippen LogP contribution in [0.3, 0.4) is 0 Å². The Balaban J connectivity index is 1.97. The molecule has 20 heavy (non-hydrogen) atoms. The average molecular weight is 277 g/mol. The minimum absolute atomic E-state index is 0.00495. The van der Waals surface area contributed by atoms with E-state index in [-0.39, 0.29) is 11.7 Å². The molecule has 0 radical (unpaired) electrons. The lowest BCUT2D eigenvalue weighted by molar-refractivity contribution is -0.130. The number of carbonyl (C=O) groups is 1. The van der Waals surface area contributed by atoms with E-state index in [1.807, 2.05) is 6.07 Å². The van der Waals surface area contributed by atoms with E-state index < -0.39 is 5.41 Å². The second kappa shape index (κ2) is 6.87. The molecule has 0 atom stereocenters. The van der Waals surface area contributed by atoms with E-state index in [2.05, 4.69) is 12.2 Å². The highest BCUT2D eigenvalue weighted by molar-refractivity contribution is 5.89. The second-order valence-electron chi connectivity index (χ2n) is 5.73. The number of amides is 1. The molecule has 1 amide bonds. The standard InChI is InChI=1S/C17H24FNO/c1-2-3-4-7-13-19-16(20)17(11-8-12-17)14-9-5-6-10-15(14)18/h5-6,9-10H,2-4,7-8,11-13H2,1H3,(H,19,20). The molecular formula is C17H24FNO. The number of unbranched alkanes of at least 4 members (excludes halogenated alkanes) is 3. The van der Waals surface area contributed by atoms with E-state index in [0.717, 1.165) is 32.1 Å². The molecule has 0 bridgehead atoms. The van der Waals surface area contributed by atoms with Crippen LogP contribution in [0.4, 0.5) is 4.39 Å². The highest BCUT2D eigenvalue weighted by Gasteiger charge is 2.46. The van der Waals surface area contributed by atoms with Gasteiger partial charge in [-0.1, -0.05) is 50.8 Å². The summed E-state index contributed by atoms with van der Waals surface area (Å²) in [5.74, 6) is -0.251. The van der Waals surface area contributed by atoms with Gasteiger partial charge in [0.05, 0.1) is 5.41 Å². The van der Waals surface area contributed by atoms with E-state index in [0.29, 0.717) is 12.1 Å². The molecule has 0 aromatic heterocycles. The molecule has 0 unspecified atom stereocenters. The van der Waals surface area contributed by atoms with Crippen LogP contribution < -0.4 is 5.32 Å². The van der Waals surface area contributed by atoms with Crippen LogP contribution in [0, 0.1) is 5.82 Å². The first-order valence-corrected chi connectivity index (χ1v) is 7.74. The van der Waals surface area contributed by atoms with Crippen LogP contribution in [0.25, 0.3) is 0 Å². The zero-order chi connectivity index (χ0) is 14.4. The van der Waals surface area contributed by atoms with Crippen LogP contribution in [0.5, 0.6) is 0 Å². The first kappa shape index (κ1) is 15.0. The number of carbonyl (C=O) groups excluding carboxylic acids is 1. The number of benzene rings is 1. The predicted molar refractivity (Wildman–Crippen MR) is 79.1 cm³/mol. The summed E-state index contributed by atoms with van der Waals surface area (Å²) in [7, 11) is 0.